The van der Waals surface area contributed by atoms with Crippen LogP contribution >= 0.6 is 0 Å². The first-order valence-corrected chi connectivity index (χ1v) is 11.0. The van der Waals surface area contributed by atoms with E-state index in [1.807, 2.05) is 11.1 Å². The molecular formula is C23H38N2O4. The van der Waals surface area contributed by atoms with Crippen molar-refractivity contribution < 1.29 is 19.0 Å². The minimum atomic E-state index is -0.261. The van der Waals surface area contributed by atoms with E-state index in [4.69, 9.17) is 14.2 Å². The molecule has 0 aromatic heterocycles. The number of nitrogens with zero attached hydrogens (tertiary/aromatic N) is 2. The summed E-state index contributed by atoms with van der Waals surface area (Å²) in [6, 6.07) is 10.8. The van der Waals surface area contributed by atoms with Crippen LogP contribution in [0.4, 0.5) is 4.79 Å². The van der Waals surface area contributed by atoms with E-state index in [1.54, 1.807) is 7.11 Å². The summed E-state index contributed by atoms with van der Waals surface area (Å²) in [5, 5.41) is 4.10. The quantitative estimate of drug-likeness (QED) is 0.458. The van der Waals surface area contributed by atoms with E-state index in [9.17, 15) is 4.79 Å². The number of hydrogen-bond donors (Lipinski definition) is 0. The van der Waals surface area contributed by atoms with E-state index >= 15 is 0 Å². The highest BCUT2D eigenvalue weighted by Gasteiger charge is 2.37. The van der Waals surface area contributed by atoms with Crippen molar-refractivity contribution in [2.45, 2.75) is 64.0 Å². The molecule has 6 nitrogen and oxygen atoms in total. The highest BCUT2D eigenvalue weighted by molar-refractivity contribution is 5.67. The lowest BCUT2D eigenvalue weighted by atomic mass is 10.0. The van der Waals surface area contributed by atoms with Crippen LogP contribution in [0, 0.1) is 0 Å². The van der Waals surface area contributed by atoms with Crippen LogP contribution < -0.4 is 0 Å². The number of aryl methyl sites for hydroxylation is 1. The summed E-state index contributed by atoms with van der Waals surface area (Å²) < 4.78 is 16.1. The van der Waals surface area contributed by atoms with Crippen molar-refractivity contribution in [3.63, 3.8) is 0 Å². The lowest BCUT2D eigenvalue weighted by Crippen LogP contribution is -2.55. The SMILES string of the molecule is CCCC[C@H](CCc1ccccc1)N(C(=O)OC)N1CCC[C@H]1COCCOC. The van der Waals surface area contributed by atoms with Crippen molar-refractivity contribution in [1.82, 2.24) is 10.0 Å². The van der Waals surface area contributed by atoms with Crippen LogP contribution in [0.5, 0.6) is 0 Å². The number of hydrogen-bond acceptors (Lipinski definition) is 5. The summed E-state index contributed by atoms with van der Waals surface area (Å²) in [5.74, 6) is 0. The summed E-state index contributed by atoms with van der Waals surface area (Å²) in [5.41, 5.74) is 1.31. The van der Waals surface area contributed by atoms with E-state index in [0.717, 1.165) is 51.5 Å². The van der Waals surface area contributed by atoms with Crippen molar-refractivity contribution in [3.8, 4) is 0 Å². The van der Waals surface area contributed by atoms with Gasteiger partial charge in [-0.05, 0) is 37.7 Å². The first kappa shape index (κ1) is 23.6. The zero-order valence-corrected chi connectivity index (χ0v) is 18.3. The van der Waals surface area contributed by atoms with Crippen LogP contribution in [0.25, 0.3) is 0 Å². The molecule has 1 aromatic carbocycles. The molecule has 0 N–H and O–H groups in total. The first-order chi connectivity index (χ1) is 14.2. The number of unbranched alkanes of at least 4 members (excludes halogenated alkanes) is 1. The maximum Gasteiger partial charge on any atom is 0.424 e. The maximum atomic E-state index is 12.8. The molecule has 1 aliphatic rings. The Labute approximate surface area is 176 Å². The number of methoxy groups -OCH3 is 2. The fourth-order valence-corrected chi connectivity index (χ4v) is 4.00. The molecule has 29 heavy (non-hydrogen) atoms. The van der Waals surface area contributed by atoms with Gasteiger partial charge in [0.2, 0.25) is 0 Å². The van der Waals surface area contributed by atoms with Gasteiger partial charge in [0.1, 0.15) is 0 Å². The van der Waals surface area contributed by atoms with Gasteiger partial charge < -0.3 is 14.2 Å². The Hall–Kier alpha value is -1.63. The molecular weight excluding hydrogens is 368 g/mol. The Morgan fingerprint density at radius 1 is 1.21 bits per heavy atom. The lowest BCUT2D eigenvalue weighted by Gasteiger charge is -2.40. The van der Waals surface area contributed by atoms with E-state index in [-0.39, 0.29) is 18.2 Å². The second kappa shape index (κ2) is 13.6. The molecule has 0 spiro atoms. The van der Waals surface area contributed by atoms with Gasteiger partial charge in [0.05, 0.1) is 39.0 Å². The van der Waals surface area contributed by atoms with Crippen LogP contribution in [-0.2, 0) is 20.6 Å². The number of carbonyl (C=O) groups is 1. The minimum absolute atomic E-state index is 0.127. The summed E-state index contributed by atoms with van der Waals surface area (Å²) in [4.78, 5) is 12.8. The number of rotatable bonds is 13. The monoisotopic (exact) mass is 406 g/mol. The normalized spacial score (nSPS) is 18.0. The van der Waals surface area contributed by atoms with Crippen LogP contribution in [-0.4, -0.2) is 68.8 Å². The van der Waals surface area contributed by atoms with E-state index in [2.05, 4.69) is 36.2 Å². The molecule has 1 aliphatic heterocycles. The maximum absolute atomic E-state index is 12.8. The van der Waals surface area contributed by atoms with Crippen LogP contribution in [0.2, 0.25) is 0 Å². The first-order valence-electron chi connectivity index (χ1n) is 11.0. The average molecular weight is 407 g/mol. The Kier molecular flexibility index (Phi) is 11.1. The lowest BCUT2D eigenvalue weighted by molar-refractivity contribution is -0.0783. The van der Waals surface area contributed by atoms with Crippen molar-refractivity contribution in [1.29, 1.82) is 0 Å². The van der Waals surface area contributed by atoms with Crippen LogP contribution in [0.3, 0.4) is 0 Å². The van der Waals surface area contributed by atoms with Gasteiger partial charge in [-0.2, -0.15) is 0 Å². The zero-order valence-electron chi connectivity index (χ0n) is 18.3. The van der Waals surface area contributed by atoms with Crippen molar-refractivity contribution >= 4 is 6.09 Å². The predicted molar refractivity (Wildman–Crippen MR) is 115 cm³/mol. The summed E-state index contributed by atoms with van der Waals surface area (Å²) in [6.07, 6.45) is 6.88. The molecule has 1 saturated heterocycles. The minimum Gasteiger partial charge on any atom is -0.452 e. The summed E-state index contributed by atoms with van der Waals surface area (Å²) in [6.45, 7) is 4.83. The van der Waals surface area contributed by atoms with Gasteiger partial charge in [-0.25, -0.2) is 14.8 Å². The molecule has 6 heteroatoms. The number of ether oxygens (including phenoxy) is 3. The van der Waals surface area contributed by atoms with Gasteiger partial charge in [-0.3, -0.25) is 0 Å². The number of hydrazine groups is 1. The van der Waals surface area contributed by atoms with Gasteiger partial charge in [-0.1, -0.05) is 50.1 Å². The molecule has 2 atom stereocenters. The summed E-state index contributed by atoms with van der Waals surface area (Å²) in [7, 11) is 3.15. The van der Waals surface area contributed by atoms with E-state index < -0.39 is 0 Å². The molecule has 2 rings (SSSR count). The van der Waals surface area contributed by atoms with Gasteiger partial charge in [0.25, 0.3) is 0 Å². The second-order valence-electron chi connectivity index (χ2n) is 7.66. The summed E-state index contributed by atoms with van der Waals surface area (Å²) >= 11 is 0. The second-order valence-corrected chi connectivity index (χ2v) is 7.66. The Morgan fingerprint density at radius 2 is 2.00 bits per heavy atom. The molecule has 1 fully saturated rings. The Morgan fingerprint density at radius 3 is 2.69 bits per heavy atom. The number of carbonyl (C=O) groups excluding carboxylic acids is 1. The van der Waals surface area contributed by atoms with Gasteiger partial charge in [0, 0.05) is 13.7 Å². The third kappa shape index (κ3) is 7.61. The molecule has 0 unspecified atom stereocenters. The fourth-order valence-electron chi connectivity index (χ4n) is 4.00. The average Bonchev–Trinajstić information content (AvgIpc) is 3.21. The van der Waals surface area contributed by atoms with Crippen molar-refractivity contribution in [2.24, 2.45) is 0 Å². The molecule has 1 heterocycles. The largest absolute Gasteiger partial charge is 0.452 e. The fraction of sp³-hybridized carbons (Fsp3) is 0.696. The molecule has 0 aliphatic carbocycles. The number of amides is 1. The molecule has 1 aromatic rings. The molecule has 0 saturated carbocycles. The predicted octanol–water partition coefficient (Wildman–Crippen LogP) is 4.29. The highest BCUT2D eigenvalue weighted by Crippen LogP contribution is 2.26. The van der Waals surface area contributed by atoms with Crippen LogP contribution in [0.15, 0.2) is 30.3 Å². The molecule has 1 amide bonds. The highest BCUT2D eigenvalue weighted by atomic mass is 16.5. The standard InChI is InChI=1S/C23H38N2O4/c1-4-5-12-21(15-14-20-10-7-6-8-11-20)25(23(26)28-3)24-16-9-13-22(24)19-29-18-17-27-2/h6-8,10-11,21-22H,4-5,9,12-19H2,1-3H3/t21-,22+/m1/s1. The topological polar surface area (TPSA) is 51.2 Å². The molecule has 164 valence electrons. The third-order valence-corrected chi connectivity index (χ3v) is 5.57. The van der Waals surface area contributed by atoms with Crippen molar-refractivity contribution in [2.75, 3.05) is 40.6 Å². The zero-order chi connectivity index (χ0) is 20.9. The van der Waals surface area contributed by atoms with Gasteiger partial charge in [0.15, 0.2) is 0 Å². The smallest absolute Gasteiger partial charge is 0.424 e. The van der Waals surface area contributed by atoms with E-state index in [0.29, 0.717) is 19.8 Å². The van der Waals surface area contributed by atoms with E-state index in [1.165, 1.54) is 12.7 Å². The Bertz CT molecular complexity index is 569. The van der Waals surface area contributed by atoms with Gasteiger partial charge in [-0.15, -0.1) is 0 Å². The van der Waals surface area contributed by atoms with Crippen molar-refractivity contribution in [3.05, 3.63) is 35.9 Å². The number of benzene rings is 1. The third-order valence-electron chi connectivity index (χ3n) is 5.57. The molecule has 0 radical (unpaired) electrons. The molecule has 0 bridgehead atoms. The van der Waals surface area contributed by atoms with Crippen LogP contribution in [0.1, 0.15) is 51.0 Å². The van der Waals surface area contributed by atoms with Gasteiger partial charge >= 0.3 is 6.09 Å². The Balaban J connectivity index is 2.10.